The zero-order valence-electron chi connectivity index (χ0n) is 11.5. The molecular formula is C14H22N2O2. The summed E-state index contributed by atoms with van der Waals surface area (Å²) >= 11 is 0. The van der Waals surface area contributed by atoms with Crippen LogP contribution in [-0.2, 0) is 11.3 Å². The topological polar surface area (TPSA) is 43.4 Å². The van der Waals surface area contributed by atoms with E-state index in [0.717, 1.165) is 42.3 Å². The molecule has 0 aromatic carbocycles. The van der Waals surface area contributed by atoms with Gasteiger partial charge in [0, 0.05) is 23.9 Å². The predicted molar refractivity (Wildman–Crippen MR) is 70.9 cm³/mol. The molecule has 1 aromatic rings. The summed E-state index contributed by atoms with van der Waals surface area (Å²) in [5, 5.41) is 3.34. The molecule has 0 saturated carbocycles. The largest absolute Gasteiger partial charge is 0.496 e. The third-order valence-electron chi connectivity index (χ3n) is 3.50. The monoisotopic (exact) mass is 250 g/mol. The van der Waals surface area contributed by atoms with Gasteiger partial charge in [0.1, 0.15) is 5.75 Å². The van der Waals surface area contributed by atoms with E-state index in [1.54, 1.807) is 7.11 Å². The van der Waals surface area contributed by atoms with Crippen LogP contribution in [0.15, 0.2) is 6.20 Å². The highest BCUT2D eigenvalue weighted by Gasteiger charge is 2.15. The molecule has 1 aliphatic heterocycles. The molecule has 2 heterocycles. The average molecular weight is 250 g/mol. The standard InChI is InChI=1S/C14H22N2O2/c1-10-6-16-13(11(2)14(10)17-3)9-18-8-12-4-5-15-7-12/h6,12,15H,4-5,7-9H2,1-3H3. The molecule has 4 nitrogen and oxygen atoms in total. The van der Waals surface area contributed by atoms with Gasteiger partial charge < -0.3 is 14.8 Å². The summed E-state index contributed by atoms with van der Waals surface area (Å²) in [7, 11) is 1.70. The van der Waals surface area contributed by atoms with Gasteiger partial charge in [-0.2, -0.15) is 0 Å². The van der Waals surface area contributed by atoms with Crippen molar-refractivity contribution in [3.8, 4) is 5.75 Å². The van der Waals surface area contributed by atoms with E-state index in [0.29, 0.717) is 12.5 Å². The van der Waals surface area contributed by atoms with Crippen molar-refractivity contribution in [1.82, 2.24) is 10.3 Å². The Morgan fingerprint density at radius 3 is 2.94 bits per heavy atom. The molecule has 4 heteroatoms. The highest BCUT2D eigenvalue weighted by atomic mass is 16.5. The maximum Gasteiger partial charge on any atom is 0.128 e. The van der Waals surface area contributed by atoms with Gasteiger partial charge in [-0.15, -0.1) is 0 Å². The first-order valence-electron chi connectivity index (χ1n) is 6.50. The van der Waals surface area contributed by atoms with Gasteiger partial charge in [0.25, 0.3) is 0 Å². The minimum atomic E-state index is 0.568. The first kappa shape index (κ1) is 13.3. The fraction of sp³-hybridized carbons (Fsp3) is 0.643. The summed E-state index contributed by atoms with van der Waals surface area (Å²) in [5.74, 6) is 1.57. The summed E-state index contributed by atoms with van der Waals surface area (Å²) in [6, 6.07) is 0. The summed E-state index contributed by atoms with van der Waals surface area (Å²) in [6.07, 6.45) is 3.06. The normalized spacial score (nSPS) is 19.2. The van der Waals surface area contributed by atoms with Gasteiger partial charge in [0.05, 0.1) is 26.0 Å². The SMILES string of the molecule is COc1c(C)cnc(COCC2CCNC2)c1C. The van der Waals surface area contributed by atoms with Crippen molar-refractivity contribution in [3.05, 3.63) is 23.0 Å². The zero-order valence-corrected chi connectivity index (χ0v) is 11.5. The predicted octanol–water partition coefficient (Wildman–Crippen LogP) is 1.83. The van der Waals surface area contributed by atoms with Gasteiger partial charge in [-0.25, -0.2) is 0 Å². The Morgan fingerprint density at radius 1 is 1.44 bits per heavy atom. The lowest BCUT2D eigenvalue weighted by atomic mass is 10.1. The highest BCUT2D eigenvalue weighted by molar-refractivity contribution is 5.40. The molecule has 1 N–H and O–H groups in total. The Morgan fingerprint density at radius 2 is 2.28 bits per heavy atom. The molecule has 2 rings (SSSR count). The minimum Gasteiger partial charge on any atom is -0.496 e. The number of nitrogens with zero attached hydrogens (tertiary/aromatic N) is 1. The quantitative estimate of drug-likeness (QED) is 0.866. The van der Waals surface area contributed by atoms with Gasteiger partial charge in [0.15, 0.2) is 0 Å². The molecule has 0 radical (unpaired) electrons. The van der Waals surface area contributed by atoms with Crippen molar-refractivity contribution in [2.24, 2.45) is 5.92 Å². The number of pyridine rings is 1. The van der Waals surface area contributed by atoms with E-state index in [4.69, 9.17) is 9.47 Å². The van der Waals surface area contributed by atoms with Crippen LogP contribution in [0.2, 0.25) is 0 Å². The average Bonchev–Trinajstić information content (AvgIpc) is 2.86. The van der Waals surface area contributed by atoms with E-state index in [2.05, 4.69) is 10.3 Å². The molecule has 18 heavy (non-hydrogen) atoms. The Kier molecular flexibility index (Phi) is 4.55. The van der Waals surface area contributed by atoms with Crippen molar-refractivity contribution in [2.75, 3.05) is 26.8 Å². The summed E-state index contributed by atoms with van der Waals surface area (Å²) in [6.45, 7) is 7.61. The molecule has 0 aliphatic carbocycles. The molecule has 0 bridgehead atoms. The number of ether oxygens (including phenoxy) is 2. The minimum absolute atomic E-state index is 0.568. The van der Waals surface area contributed by atoms with E-state index in [1.807, 2.05) is 20.0 Å². The molecule has 1 unspecified atom stereocenters. The van der Waals surface area contributed by atoms with Crippen molar-refractivity contribution in [3.63, 3.8) is 0 Å². The van der Waals surface area contributed by atoms with Gasteiger partial charge in [-0.1, -0.05) is 0 Å². The van der Waals surface area contributed by atoms with Crippen molar-refractivity contribution in [2.45, 2.75) is 26.9 Å². The zero-order chi connectivity index (χ0) is 13.0. The Balaban J connectivity index is 1.92. The lowest BCUT2D eigenvalue weighted by Gasteiger charge is -2.13. The molecule has 0 spiro atoms. The van der Waals surface area contributed by atoms with Gasteiger partial charge in [0.2, 0.25) is 0 Å². The van der Waals surface area contributed by atoms with Crippen LogP contribution in [0, 0.1) is 19.8 Å². The number of nitrogens with one attached hydrogen (secondary N) is 1. The fourth-order valence-corrected chi connectivity index (χ4v) is 2.40. The first-order valence-corrected chi connectivity index (χ1v) is 6.50. The van der Waals surface area contributed by atoms with Crippen molar-refractivity contribution < 1.29 is 9.47 Å². The summed E-state index contributed by atoms with van der Waals surface area (Å²) in [4.78, 5) is 4.43. The fourth-order valence-electron chi connectivity index (χ4n) is 2.40. The second-order valence-corrected chi connectivity index (χ2v) is 4.92. The van der Waals surface area contributed by atoms with Crippen molar-refractivity contribution in [1.29, 1.82) is 0 Å². The van der Waals surface area contributed by atoms with Crippen LogP contribution in [0.25, 0.3) is 0 Å². The molecular weight excluding hydrogens is 228 g/mol. The molecule has 1 aliphatic rings. The van der Waals surface area contributed by atoms with Crippen LogP contribution in [0.5, 0.6) is 5.75 Å². The van der Waals surface area contributed by atoms with E-state index in [-0.39, 0.29) is 0 Å². The Bertz CT molecular complexity index is 401. The number of aromatic nitrogens is 1. The van der Waals surface area contributed by atoms with Gasteiger partial charge in [-0.3, -0.25) is 4.98 Å². The van der Waals surface area contributed by atoms with Crippen LogP contribution in [0.4, 0.5) is 0 Å². The van der Waals surface area contributed by atoms with Crippen LogP contribution in [0.3, 0.4) is 0 Å². The highest BCUT2D eigenvalue weighted by Crippen LogP contribution is 2.24. The van der Waals surface area contributed by atoms with Gasteiger partial charge in [-0.05, 0) is 32.7 Å². The summed E-state index contributed by atoms with van der Waals surface area (Å²) < 4.78 is 11.2. The molecule has 1 saturated heterocycles. The molecule has 0 amide bonds. The van der Waals surface area contributed by atoms with E-state index in [9.17, 15) is 0 Å². The van der Waals surface area contributed by atoms with E-state index >= 15 is 0 Å². The number of methoxy groups -OCH3 is 1. The van der Waals surface area contributed by atoms with E-state index < -0.39 is 0 Å². The molecule has 1 fully saturated rings. The Hall–Kier alpha value is -1.13. The lowest BCUT2D eigenvalue weighted by molar-refractivity contribution is 0.0897. The molecule has 100 valence electrons. The van der Waals surface area contributed by atoms with Crippen LogP contribution < -0.4 is 10.1 Å². The lowest BCUT2D eigenvalue weighted by Crippen LogP contribution is -2.14. The summed E-state index contributed by atoms with van der Waals surface area (Å²) in [5.41, 5.74) is 3.13. The maximum atomic E-state index is 5.77. The number of rotatable bonds is 5. The second kappa shape index (κ2) is 6.16. The smallest absolute Gasteiger partial charge is 0.128 e. The number of hydrogen-bond donors (Lipinski definition) is 1. The Labute approximate surface area is 109 Å². The first-order chi connectivity index (χ1) is 8.72. The number of hydrogen-bond acceptors (Lipinski definition) is 4. The molecule has 1 aromatic heterocycles. The van der Waals surface area contributed by atoms with Crippen LogP contribution >= 0.6 is 0 Å². The van der Waals surface area contributed by atoms with Crippen molar-refractivity contribution >= 4 is 0 Å². The maximum absolute atomic E-state index is 5.77. The van der Waals surface area contributed by atoms with E-state index in [1.165, 1.54) is 6.42 Å². The molecule has 1 atom stereocenters. The van der Waals surface area contributed by atoms with Crippen LogP contribution in [-0.4, -0.2) is 31.8 Å². The van der Waals surface area contributed by atoms with Gasteiger partial charge >= 0.3 is 0 Å². The van der Waals surface area contributed by atoms with Crippen LogP contribution in [0.1, 0.15) is 23.2 Å². The number of aryl methyl sites for hydroxylation is 1. The third kappa shape index (κ3) is 3.00. The second-order valence-electron chi connectivity index (χ2n) is 4.92. The third-order valence-corrected chi connectivity index (χ3v) is 3.50.